The Morgan fingerprint density at radius 2 is 2.20 bits per heavy atom. The SMILES string of the molecule is O=C(NCCF)NCc1cccc(O)c1. The largest absolute Gasteiger partial charge is 0.508 e. The Morgan fingerprint density at radius 3 is 2.87 bits per heavy atom. The molecule has 0 atom stereocenters. The zero-order valence-electron chi connectivity index (χ0n) is 8.16. The predicted octanol–water partition coefficient (Wildman–Crippen LogP) is 1.16. The maximum atomic E-state index is 11.7. The Bertz CT molecular complexity index is 331. The van der Waals surface area contributed by atoms with E-state index in [4.69, 9.17) is 5.11 Å². The first-order valence-corrected chi connectivity index (χ1v) is 4.58. The van der Waals surface area contributed by atoms with E-state index in [1.165, 1.54) is 0 Å². The molecule has 0 bridgehead atoms. The van der Waals surface area contributed by atoms with Crippen molar-refractivity contribution in [3.8, 4) is 5.75 Å². The van der Waals surface area contributed by atoms with Gasteiger partial charge in [-0.25, -0.2) is 9.18 Å². The van der Waals surface area contributed by atoms with Gasteiger partial charge in [0.2, 0.25) is 0 Å². The molecule has 0 fully saturated rings. The van der Waals surface area contributed by atoms with Crippen molar-refractivity contribution in [2.75, 3.05) is 13.2 Å². The van der Waals surface area contributed by atoms with Crippen molar-refractivity contribution in [1.82, 2.24) is 10.6 Å². The van der Waals surface area contributed by atoms with Crippen LogP contribution in [0.25, 0.3) is 0 Å². The molecular formula is C10H13FN2O2. The van der Waals surface area contributed by atoms with Crippen LogP contribution in [0, 0.1) is 0 Å². The van der Waals surface area contributed by atoms with E-state index in [9.17, 15) is 9.18 Å². The van der Waals surface area contributed by atoms with Crippen LogP contribution in [0.2, 0.25) is 0 Å². The summed E-state index contributed by atoms with van der Waals surface area (Å²) in [5, 5.41) is 14.0. The van der Waals surface area contributed by atoms with E-state index in [-0.39, 0.29) is 12.3 Å². The van der Waals surface area contributed by atoms with Gasteiger partial charge in [-0.1, -0.05) is 12.1 Å². The van der Waals surface area contributed by atoms with Gasteiger partial charge >= 0.3 is 6.03 Å². The molecule has 0 aliphatic heterocycles. The van der Waals surface area contributed by atoms with Crippen molar-refractivity contribution >= 4 is 6.03 Å². The molecule has 0 heterocycles. The molecule has 0 spiro atoms. The third kappa shape index (κ3) is 4.30. The maximum Gasteiger partial charge on any atom is 0.315 e. The normalized spacial score (nSPS) is 9.67. The summed E-state index contributed by atoms with van der Waals surface area (Å²) >= 11 is 0. The molecule has 1 rings (SSSR count). The molecule has 1 aromatic carbocycles. The molecule has 0 unspecified atom stereocenters. The summed E-state index contributed by atoms with van der Waals surface area (Å²) in [5.74, 6) is 0.151. The quantitative estimate of drug-likeness (QED) is 0.701. The van der Waals surface area contributed by atoms with Gasteiger partial charge in [-0.15, -0.1) is 0 Å². The predicted molar refractivity (Wildman–Crippen MR) is 54.3 cm³/mol. The molecule has 1 aromatic rings. The molecule has 0 aromatic heterocycles. The Labute approximate surface area is 87.1 Å². The lowest BCUT2D eigenvalue weighted by Crippen LogP contribution is -2.36. The lowest BCUT2D eigenvalue weighted by atomic mass is 10.2. The molecule has 0 aliphatic rings. The van der Waals surface area contributed by atoms with Crippen LogP contribution in [0.15, 0.2) is 24.3 Å². The van der Waals surface area contributed by atoms with E-state index in [0.29, 0.717) is 6.54 Å². The van der Waals surface area contributed by atoms with E-state index < -0.39 is 12.7 Å². The minimum Gasteiger partial charge on any atom is -0.508 e. The lowest BCUT2D eigenvalue weighted by Gasteiger charge is -2.06. The number of halogens is 1. The van der Waals surface area contributed by atoms with E-state index in [0.717, 1.165) is 5.56 Å². The number of nitrogens with one attached hydrogen (secondary N) is 2. The van der Waals surface area contributed by atoms with Crippen LogP contribution in [0.4, 0.5) is 9.18 Å². The number of aromatic hydroxyl groups is 1. The van der Waals surface area contributed by atoms with Crippen molar-refractivity contribution in [2.24, 2.45) is 0 Å². The lowest BCUT2D eigenvalue weighted by molar-refractivity contribution is 0.239. The number of alkyl halides is 1. The number of phenols is 1. The van der Waals surface area contributed by atoms with Crippen molar-refractivity contribution in [1.29, 1.82) is 0 Å². The summed E-state index contributed by atoms with van der Waals surface area (Å²) in [5.41, 5.74) is 0.783. The zero-order chi connectivity index (χ0) is 11.1. The Hall–Kier alpha value is -1.78. The molecule has 3 N–H and O–H groups in total. The topological polar surface area (TPSA) is 61.4 Å². The molecule has 4 nitrogen and oxygen atoms in total. The van der Waals surface area contributed by atoms with Crippen LogP contribution in [0.3, 0.4) is 0 Å². The molecule has 0 aliphatic carbocycles. The Morgan fingerprint density at radius 1 is 1.40 bits per heavy atom. The van der Waals surface area contributed by atoms with Gasteiger partial charge < -0.3 is 15.7 Å². The van der Waals surface area contributed by atoms with Crippen LogP contribution < -0.4 is 10.6 Å². The van der Waals surface area contributed by atoms with Gasteiger partial charge in [0, 0.05) is 13.1 Å². The number of amides is 2. The van der Waals surface area contributed by atoms with Gasteiger partial charge in [-0.3, -0.25) is 0 Å². The highest BCUT2D eigenvalue weighted by molar-refractivity contribution is 5.73. The van der Waals surface area contributed by atoms with E-state index >= 15 is 0 Å². The number of rotatable bonds is 4. The number of carbonyl (C=O) groups excluding carboxylic acids is 1. The van der Waals surface area contributed by atoms with Crippen LogP contribution in [-0.2, 0) is 6.54 Å². The van der Waals surface area contributed by atoms with Crippen LogP contribution in [0.5, 0.6) is 5.75 Å². The molecule has 0 saturated carbocycles. The van der Waals surface area contributed by atoms with Gasteiger partial charge in [0.1, 0.15) is 12.4 Å². The zero-order valence-corrected chi connectivity index (χ0v) is 8.16. The summed E-state index contributed by atoms with van der Waals surface area (Å²) < 4.78 is 11.7. The molecular weight excluding hydrogens is 199 g/mol. The number of hydrogen-bond acceptors (Lipinski definition) is 2. The monoisotopic (exact) mass is 212 g/mol. The summed E-state index contributed by atoms with van der Waals surface area (Å²) in [6, 6.07) is 6.14. The Kier molecular flexibility index (Phi) is 4.40. The molecule has 2 amide bonds. The molecule has 15 heavy (non-hydrogen) atoms. The fourth-order valence-corrected chi connectivity index (χ4v) is 1.07. The summed E-state index contributed by atoms with van der Waals surface area (Å²) in [7, 11) is 0. The fraction of sp³-hybridized carbons (Fsp3) is 0.300. The highest BCUT2D eigenvalue weighted by Gasteiger charge is 1.99. The first-order valence-electron chi connectivity index (χ1n) is 4.58. The van der Waals surface area contributed by atoms with Crippen LogP contribution >= 0.6 is 0 Å². The highest BCUT2D eigenvalue weighted by Crippen LogP contribution is 2.10. The third-order valence-electron chi connectivity index (χ3n) is 1.74. The standard InChI is InChI=1S/C10H13FN2O2/c11-4-5-12-10(15)13-7-8-2-1-3-9(14)6-8/h1-3,6,14H,4-5,7H2,(H2,12,13,15). The number of hydrogen-bond donors (Lipinski definition) is 3. The molecule has 5 heteroatoms. The average molecular weight is 212 g/mol. The van der Waals surface area contributed by atoms with E-state index in [1.54, 1.807) is 24.3 Å². The van der Waals surface area contributed by atoms with Crippen molar-refractivity contribution < 1.29 is 14.3 Å². The number of phenolic OH excluding ortho intramolecular Hbond substituents is 1. The number of urea groups is 1. The maximum absolute atomic E-state index is 11.7. The highest BCUT2D eigenvalue weighted by atomic mass is 19.1. The summed E-state index contributed by atoms with van der Waals surface area (Å²) in [4.78, 5) is 11.0. The third-order valence-corrected chi connectivity index (χ3v) is 1.74. The second-order valence-electron chi connectivity index (χ2n) is 2.97. The van der Waals surface area contributed by atoms with Crippen LogP contribution in [0.1, 0.15) is 5.56 Å². The van der Waals surface area contributed by atoms with Gasteiger partial charge in [0.05, 0.1) is 0 Å². The van der Waals surface area contributed by atoms with Gasteiger partial charge in [0.15, 0.2) is 0 Å². The van der Waals surface area contributed by atoms with Gasteiger partial charge in [-0.05, 0) is 17.7 Å². The summed E-state index contributed by atoms with van der Waals surface area (Å²) in [6.07, 6.45) is 0. The molecule has 0 radical (unpaired) electrons. The van der Waals surface area contributed by atoms with Crippen molar-refractivity contribution in [2.45, 2.75) is 6.54 Å². The Balaban J connectivity index is 2.33. The van der Waals surface area contributed by atoms with Crippen molar-refractivity contribution in [3.63, 3.8) is 0 Å². The number of benzene rings is 1. The minimum absolute atomic E-state index is 0.00583. The smallest absolute Gasteiger partial charge is 0.315 e. The van der Waals surface area contributed by atoms with E-state index in [2.05, 4.69) is 10.6 Å². The first kappa shape index (κ1) is 11.3. The molecule has 82 valence electrons. The fourth-order valence-electron chi connectivity index (χ4n) is 1.07. The number of carbonyl (C=O) groups is 1. The second kappa shape index (κ2) is 5.85. The second-order valence-corrected chi connectivity index (χ2v) is 2.97. The van der Waals surface area contributed by atoms with Gasteiger partial charge in [-0.2, -0.15) is 0 Å². The summed E-state index contributed by atoms with van der Waals surface area (Å²) in [6.45, 7) is -0.280. The minimum atomic E-state index is -0.584. The average Bonchev–Trinajstić information content (AvgIpc) is 2.23. The van der Waals surface area contributed by atoms with Crippen molar-refractivity contribution in [3.05, 3.63) is 29.8 Å². The van der Waals surface area contributed by atoms with Crippen LogP contribution in [-0.4, -0.2) is 24.4 Å². The first-order chi connectivity index (χ1) is 7.22. The van der Waals surface area contributed by atoms with Gasteiger partial charge in [0.25, 0.3) is 0 Å². The van der Waals surface area contributed by atoms with E-state index in [1.807, 2.05) is 0 Å². The molecule has 0 saturated heterocycles.